The molecule has 8 nitrogen and oxygen atoms in total. The normalized spacial score (nSPS) is 23.2. The van der Waals surface area contributed by atoms with E-state index >= 15 is 0 Å². The van der Waals surface area contributed by atoms with Gasteiger partial charge in [-0.3, -0.25) is 0 Å². The van der Waals surface area contributed by atoms with Gasteiger partial charge in [-0.1, -0.05) is 0 Å². The maximum absolute atomic E-state index is 4.70. The Labute approximate surface area is 147 Å². The van der Waals surface area contributed by atoms with Crippen molar-refractivity contribution in [2.24, 2.45) is 9.98 Å². The van der Waals surface area contributed by atoms with Gasteiger partial charge >= 0.3 is 0 Å². The Bertz CT molecular complexity index is 779. The van der Waals surface area contributed by atoms with E-state index in [2.05, 4.69) is 32.3 Å². The van der Waals surface area contributed by atoms with Crippen LogP contribution in [0.5, 0.6) is 0 Å². The molecule has 0 bridgehead atoms. The summed E-state index contributed by atoms with van der Waals surface area (Å²) in [4.78, 5) is 16.0. The number of aryl methyl sites for hydroxylation is 1. The SMILES string of the molecule is CCn1nc(N2CCCC2)nc1/C=C/C1N=C2N=C(C)C=C(C)N2N1. The predicted octanol–water partition coefficient (Wildman–Crippen LogP) is 1.79. The summed E-state index contributed by atoms with van der Waals surface area (Å²) >= 11 is 0. The van der Waals surface area contributed by atoms with Crippen LogP contribution in [0.4, 0.5) is 5.95 Å². The largest absolute Gasteiger partial charge is 0.340 e. The predicted molar refractivity (Wildman–Crippen MR) is 99.2 cm³/mol. The fraction of sp³-hybridized carbons (Fsp3) is 0.529. The first kappa shape index (κ1) is 16.0. The zero-order chi connectivity index (χ0) is 17.4. The fourth-order valence-electron chi connectivity index (χ4n) is 3.31. The Morgan fingerprint density at radius 2 is 2.08 bits per heavy atom. The fourth-order valence-corrected chi connectivity index (χ4v) is 3.31. The van der Waals surface area contributed by atoms with Crippen LogP contribution >= 0.6 is 0 Å². The first-order chi connectivity index (χ1) is 12.1. The van der Waals surface area contributed by atoms with E-state index in [1.807, 2.05) is 41.8 Å². The van der Waals surface area contributed by atoms with Gasteiger partial charge in [0.25, 0.3) is 0 Å². The first-order valence-electron chi connectivity index (χ1n) is 8.90. The van der Waals surface area contributed by atoms with Crippen molar-refractivity contribution in [3.8, 4) is 0 Å². The number of aromatic nitrogens is 3. The maximum Gasteiger partial charge on any atom is 0.245 e. The maximum atomic E-state index is 4.70. The minimum Gasteiger partial charge on any atom is -0.340 e. The van der Waals surface area contributed by atoms with Crippen LogP contribution in [0, 0.1) is 0 Å². The Morgan fingerprint density at radius 1 is 1.28 bits per heavy atom. The number of aliphatic imine (C=N–C) groups is 2. The second-order valence-electron chi connectivity index (χ2n) is 6.52. The van der Waals surface area contributed by atoms with Crippen molar-refractivity contribution in [1.29, 1.82) is 0 Å². The number of allylic oxidation sites excluding steroid dienone is 2. The Morgan fingerprint density at radius 3 is 2.84 bits per heavy atom. The molecule has 1 fully saturated rings. The molecule has 4 rings (SSSR count). The summed E-state index contributed by atoms with van der Waals surface area (Å²) in [6.07, 6.45) is 8.33. The molecule has 0 aliphatic carbocycles. The highest BCUT2D eigenvalue weighted by atomic mass is 15.6. The van der Waals surface area contributed by atoms with Gasteiger partial charge in [0.2, 0.25) is 11.9 Å². The summed E-state index contributed by atoms with van der Waals surface area (Å²) < 4.78 is 1.94. The van der Waals surface area contributed by atoms with Crippen LogP contribution in [0.2, 0.25) is 0 Å². The van der Waals surface area contributed by atoms with Crippen molar-refractivity contribution in [1.82, 2.24) is 25.2 Å². The van der Waals surface area contributed by atoms with Crippen molar-refractivity contribution in [3.05, 3.63) is 23.7 Å². The minimum absolute atomic E-state index is 0.148. The topological polar surface area (TPSA) is 73.9 Å². The third-order valence-corrected chi connectivity index (χ3v) is 4.57. The number of nitrogens with one attached hydrogen (secondary N) is 1. The second kappa shape index (κ2) is 6.44. The molecule has 1 aromatic rings. The molecule has 0 spiro atoms. The van der Waals surface area contributed by atoms with E-state index in [0.717, 1.165) is 42.8 Å². The van der Waals surface area contributed by atoms with Gasteiger partial charge in [0.1, 0.15) is 6.17 Å². The number of nitrogens with zero attached hydrogens (tertiary/aromatic N) is 7. The van der Waals surface area contributed by atoms with E-state index in [-0.39, 0.29) is 6.17 Å². The highest BCUT2D eigenvalue weighted by Crippen LogP contribution is 2.19. The van der Waals surface area contributed by atoms with Crippen molar-refractivity contribution in [3.63, 3.8) is 0 Å². The number of rotatable bonds is 4. The number of hydrazine groups is 1. The van der Waals surface area contributed by atoms with Crippen molar-refractivity contribution < 1.29 is 0 Å². The third kappa shape index (κ3) is 3.09. The number of guanidine groups is 1. The lowest BCUT2D eigenvalue weighted by molar-refractivity contribution is 0.382. The molecule has 3 aliphatic rings. The molecule has 1 atom stereocenters. The smallest absolute Gasteiger partial charge is 0.245 e. The van der Waals surface area contributed by atoms with E-state index < -0.39 is 0 Å². The van der Waals surface area contributed by atoms with E-state index in [4.69, 9.17) is 4.98 Å². The highest BCUT2D eigenvalue weighted by molar-refractivity contribution is 6.05. The second-order valence-corrected chi connectivity index (χ2v) is 6.52. The summed E-state index contributed by atoms with van der Waals surface area (Å²) in [5.41, 5.74) is 5.40. The molecule has 0 saturated carbocycles. The minimum atomic E-state index is -0.148. The number of fused-ring (bicyclic) bond motifs is 1. The van der Waals surface area contributed by atoms with E-state index in [0.29, 0.717) is 5.96 Å². The van der Waals surface area contributed by atoms with Crippen LogP contribution in [0.25, 0.3) is 6.08 Å². The van der Waals surface area contributed by atoms with Gasteiger partial charge in [0.05, 0.1) is 0 Å². The average molecular weight is 340 g/mol. The summed E-state index contributed by atoms with van der Waals surface area (Å²) in [6, 6.07) is 0. The van der Waals surface area contributed by atoms with Gasteiger partial charge < -0.3 is 4.90 Å². The molecule has 1 saturated heterocycles. The monoisotopic (exact) mass is 340 g/mol. The molecule has 1 unspecified atom stereocenters. The van der Waals surface area contributed by atoms with E-state index in [9.17, 15) is 0 Å². The van der Waals surface area contributed by atoms with Gasteiger partial charge in [-0.25, -0.2) is 19.7 Å². The molecule has 3 aliphatic heterocycles. The molecule has 25 heavy (non-hydrogen) atoms. The van der Waals surface area contributed by atoms with Crippen molar-refractivity contribution in [2.75, 3.05) is 18.0 Å². The molecule has 0 aromatic carbocycles. The molecule has 0 amide bonds. The number of hydrogen-bond acceptors (Lipinski definition) is 7. The Kier molecular flexibility index (Phi) is 4.12. The molecule has 132 valence electrons. The summed E-state index contributed by atoms with van der Waals surface area (Å²) in [6.45, 7) is 9.00. The molecule has 1 N–H and O–H groups in total. The lowest BCUT2D eigenvalue weighted by Gasteiger charge is -2.22. The quantitative estimate of drug-likeness (QED) is 0.904. The van der Waals surface area contributed by atoms with Crippen LogP contribution in [0.3, 0.4) is 0 Å². The zero-order valence-electron chi connectivity index (χ0n) is 15.0. The van der Waals surface area contributed by atoms with Crippen LogP contribution in [0.1, 0.15) is 39.4 Å². The molecule has 0 radical (unpaired) electrons. The molecular formula is C17H24N8. The van der Waals surface area contributed by atoms with Crippen LogP contribution in [-0.4, -0.2) is 50.7 Å². The molecule has 8 heteroatoms. The molecule has 1 aromatic heterocycles. The van der Waals surface area contributed by atoms with E-state index in [1.54, 1.807) is 0 Å². The van der Waals surface area contributed by atoms with Crippen molar-refractivity contribution in [2.45, 2.75) is 46.3 Å². The summed E-state index contributed by atoms with van der Waals surface area (Å²) in [7, 11) is 0. The van der Waals surface area contributed by atoms with Crippen LogP contribution in [-0.2, 0) is 6.54 Å². The lowest BCUT2D eigenvalue weighted by Crippen LogP contribution is -2.39. The highest BCUT2D eigenvalue weighted by Gasteiger charge is 2.26. The van der Waals surface area contributed by atoms with Gasteiger partial charge in [-0.15, -0.1) is 5.10 Å². The first-order valence-corrected chi connectivity index (χ1v) is 8.90. The summed E-state index contributed by atoms with van der Waals surface area (Å²) in [5, 5.41) is 6.55. The van der Waals surface area contributed by atoms with Crippen molar-refractivity contribution >= 4 is 23.7 Å². The van der Waals surface area contributed by atoms with Gasteiger partial charge in [-0.05, 0) is 51.8 Å². The number of hydrogen-bond donors (Lipinski definition) is 1. The van der Waals surface area contributed by atoms with Crippen LogP contribution < -0.4 is 10.3 Å². The third-order valence-electron chi connectivity index (χ3n) is 4.57. The average Bonchev–Trinajstić information content (AvgIpc) is 3.31. The Hall–Kier alpha value is -2.48. The zero-order valence-corrected chi connectivity index (χ0v) is 15.0. The molecular weight excluding hydrogens is 316 g/mol. The van der Waals surface area contributed by atoms with Gasteiger partial charge in [0, 0.05) is 31.0 Å². The molecule has 4 heterocycles. The van der Waals surface area contributed by atoms with E-state index in [1.165, 1.54) is 12.8 Å². The Balaban J connectivity index is 1.52. The standard InChI is InChI=1S/C17H24N8/c1-4-24-15(20-17(22-24)23-9-5-6-10-23)8-7-14-19-16-18-12(2)11-13(3)25(16)21-14/h7-8,11,14,21H,4-6,9-10H2,1-3H3/b8-7+. The summed E-state index contributed by atoms with van der Waals surface area (Å²) in [5.74, 6) is 2.41. The number of anilines is 1. The van der Waals surface area contributed by atoms with Gasteiger partial charge in [-0.2, -0.15) is 10.4 Å². The van der Waals surface area contributed by atoms with Gasteiger partial charge in [0.15, 0.2) is 5.82 Å². The van der Waals surface area contributed by atoms with Crippen LogP contribution in [0.15, 0.2) is 27.8 Å². The lowest BCUT2D eigenvalue weighted by atomic mass is 10.3.